The van der Waals surface area contributed by atoms with Crippen LogP contribution in [0.25, 0.3) is 0 Å². The molecular weight excluding hydrogens is 398 g/mol. The van der Waals surface area contributed by atoms with Crippen molar-refractivity contribution in [2.45, 2.75) is 70.3 Å². The maximum Gasteiger partial charge on any atom is 0.328 e. The van der Waals surface area contributed by atoms with Gasteiger partial charge in [0.2, 0.25) is 17.7 Å². The third-order valence-corrected chi connectivity index (χ3v) is 4.45. The van der Waals surface area contributed by atoms with E-state index in [1.165, 1.54) is 6.92 Å². The maximum atomic E-state index is 12.7. The predicted octanol–water partition coefficient (Wildman–Crippen LogP) is -2.99. The van der Waals surface area contributed by atoms with Crippen molar-refractivity contribution in [1.82, 2.24) is 16.0 Å². The number of aliphatic carboxylic acids is 1. The Hall–Kier alpha value is -2.28. The number of hydrogen-bond donors (Lipinski definition) is 8. The van der Waals surface area contributed by atoms with Crippen molar-refractivity contribution >= 4 is 23.7 Å². The van der Waals surface area contributed by atoms with Gasteiger partial charge in [0, 0.05) is 0 Å². The van der Waals surface area contributed by atoms with Crippen LogP contribution in [-0.4, -0.2) is 82.4 Å². The van der Waals surface area contributed by atoms with Gasteiger partial charge in [-0.3, -0.25) is 14.4 Å². The summed E-state index contributed by atoms with van der Waals surface area (Å²) in [6.07, 6.45) is 0.118. The minimum atomic E-state index is -1.52. The van der Waals surface area contributed by atoms with Crippen LogP contribution in [0.3, 0.4) is 0 Å². The predicted molar refractivity (Wildman–Crippen MR) is 108 cm³/mol. The fraction of sp³-hybridized carbons (Fsp3) is 0.778. The van der Waals surface area contributed by atoms with E-state index in [1.54, 1.807) is 13.8 Å². The van der Waals surface area contributed by atoms with Crippen LogP contribution in [0.15, 0.2) is 0 Å². The number of aliphatic hydroxyl groups is 2. The second-order valence-electron chi connectivity index (χ2n) is 7.42. The van der Waals surface area contributed by atoms with Crippen molar-refractivity contribution in [2.75, 3.05) is 13.2 Å². The highest BCUT2D eigenvalue weighted by Gasteiger charge is 2.32. The van der Waals surface area contributed by atoms with Crippen molar-refractivity contribution in [3.05, 3.63) is 0 Å². The quantitative estimate of drug-likeness (QED) is 0.131. The van der Waals surface area contributed by atoms with Crippen molar-refractivity contribution in [1.29, 1.82) is 0 Å². The van der Waals surface area contributed by atoms with Crippen molar-refractivity contribution in [2.24, 2.45) is 17.4 Å². The molecule has 3 amide bonds. The molecule has 10 N–H and O–H groups in total. The SMILES string of the molecule is CC(C)C(NC(=O)C(N)C(C)O)C(=O)NC(CCCCN)C(=O)NC(CO)C(=O)O. The van der Waals surface area contributed by atoms with Gasteiger partial charge in [0.05, 0.1) is 12.7 Å². The van der Waals surface area contributed by atoms with E-state index in [0.717, 1.165) is 0 Å². The first-order valence-electron chi connectivity index (χ1n) is 9.84. The van der Waals surface area contributed by atoms with Gasteiger partial charge in [-0.15, -0.1) is 0 Å². The zero-order valence-electron chi connectivity index (χ0n) is 17.6. The summed E-state index contributed by atoms with van der Waals surface area (Å²) >= 11 is 0. The minimum Gasteiger partial charge on any atom is -0.480 e. The van der Waals surface area contributed by atoms with Gasteiger partial charge in [0.25, 0.3) is 0 Å². The molecule has 0 bridgehead atoms. The summed E-state index contributed by atoms with van der Waals surface area (Å²) in [5.74, 6) is -3.96. The lowest BCUT2D eigenvalue weighted by molar-refractivity contribution is -0.143. The smallest absolute Gasteiger partial charge is 0.328 e. The average molecular weight is 434 g/mol. The van der Waals surface area contributed by atoms with Crippen LogP contribution in [0, 0.1) is 5.92 Å². The molecule has 0 heterocycles. The van der Waals surface area contributed by atoms with Crippen molar-refractivity contribution in [3.63, 3.8) is 0 Å². The lowest BCUT2D eigenvalue weighted by Crippen LogP contribution is -2.59. The number of carbonyl (C=O) groups is 4. The summed E-state index contributed by atoms with van der Waals surface area (Å²) in [7, 11) is 0. The fourth-order valence-corrected chi connectivity index (χ4v) is 2.48. The second-order valence-corrected chi connectivity index (χ2v) is 7.42. The minimum absolute atomic E-state index is 0.179. The number of nitrogens with two attached hydrogens (primary N) is 2. The van der Waals surface area contributed by atoms with E-state index in [9.17, 15) is 24.3 Å². The van der Waals surface area contributed by atoms with Crippen LogP contribution >= 0.6 is 0 Å². The van der Waals surface area contributed by atoms with Crippen LogP contribution in [0.4, 0.5) is 0 Å². The molecule has 174 valence electrons. The molecule has 30 heavy (non-hydrogen) atoms. The molecule has 5 unspecified atom stereocenters. The molecule has 0 radical (unpaired) electrons. The topological polar surface area (TPSA) is 217 Å². The Balaban J connectivity index is 5.34. The molecule has 0 aromatic carbocycles. The van der Waals surface area contributed by atoms with E-state index in [-0.39, 0.29) is 12.3 Å². The van der Waals surface area contributed by atoms with Crippen LogP contribution in [0.5, 0.6) is 0 Å². The molecule has 12 heteroatoms. The summed E-state index contributed by atoms with van der Waals surface area (Å²) in [6.45, 7) is 4.25. The first kappa shape index (κ1) is 27.7. The summed E-state index contributed by atoms with van der Waals surface area (Å²) in [4.78, 5) is 48.4. The molecule has 0 fully saturated rings. The third kappa shape index (κ3) is 9.48. The summed E-state index contributed by atoms with van der Waals surface area (Å²) in [5.41, 5.74) is 11.0. The van der Waals surface area contributed by atoms with E-state index < -0.39 is 60.6 Å². The second kappa shape index (κ2) is 13.9. The Kier molecular flexibility index (Phi) is 12.8. The molecule has 0 aliphatic rings. The molecule has 0 aliphatic carbocycles. The Morgan fingerprint density at radius 1 is 0.900 bits per heavy atom. The average Bonchev–Trinajstić information content (AvgIpc) is 2.67. The zero-order chi connectivity index (χ0) is 23.4. The standard InChI is InChI=1S/C18H35N5O7/c1-9(2)14(23-16(27)13(20)10(3)25)17(28)21-11(6-4-5-7-19)15(26)22-12(8-24)18(29)30/h9-14,24-25H,4-8,19-20H2,1-3H3,(H,21,28)(H,22,26)(H,23,27)(H,29,30). The number of hydrogen-bond acceptors (Lipinski definition) is 8. The number of nitrogens with one attached hydrogen (secondary N) is 3. The lowest BCUT2D eigenvalue weighted by Gasteiger charge is -2.27. The van der Waals surface area contributed by atoms with E-state index >= 15 is 0 Å². The molecule has 0 saturated heterocycles. The molecule has 0 spiro atoms. The maximum absolute atomic E-state index is 12.7. The van der Waals surface area contributed by atoms with Gasteiger partial charge in [0.1, 0.15) is 24.2 Å². The first-order valence-corrected chi connectivity index (χ1v) is 9.84. The summed E-state index contributed by atoms with van der Waals surface area (Å²) in [5, 5.41) is 34.7. The van der Waals surface area contributed by atoms with Crippen LogP contribution < -0.4 is 27.4 Å². The van der Waals surface area contributed by atoms with Crippen LogP contribution in [-0.2, 0) is 19.2 Å². The number of carboxylic acid groups (broad SMARTS) is 1. The molecule has 0 aliphatic heterocycles. The largest absolute Gasteiger partial charge is 0.480 e. The van der Waals surface area contributed by atoms with Crippen molar-refractivity contribution in [3.8, 4) is 0 Å². The molecule has 0 aromatic rings. The molecule has 12 nitrogen and oxygen atoms in total. The van der Waals surface area contributed by atoms with E-state index in [0.29, 0.717) is 19.4 Å². The monoisotopic (exact) mass is 433 g/mol. The van der Waals surface area contributed by atoms with Gasteiger partial charge in [-0.1, -0.05) is 13.8 Å². The fourth-order valence-electron chi connectivity index (χ4n) is 2.48. The van der Waals surface area contributed by atoms with Gasteiger partial charge >= 0.3 is 5.97 Å². The molecule has 0 saturated carbocycles. The molecule has 0 rings (SSSR count). The van der Waals surface area contributed by atoms with Gasteiger partial charge in [-0.25, -0.2) is 4.79 Å². The van der Waals surface area contributed by atoms with E-state index in [2.05, 4.69) is 16.0 Å². The summed E-state index contributed by atoms with van der Waals surface area (Å²) in [6, 6.07) is -4.89. The highest BCUT2D eigenvalue weighted by Crippen LogP contribution is 2.07. The van der Waals surface area contributed by atoms with Gasteiger partial charge < -0.3 is 42.7 Å². The first-order chi connectivity index (χ1) is 14.0. The highest BCUT2D eigenvalue weighted by molar-refractivity contribution is 5.94. The molecule has 5 atom stereocenters. The Labute approximate surface area is 175 Å². The lowest BCUT2D eigenvalue weighted by atomic mass is 10.0. The number of rotatable bonds is 14. The number of carbonyl (C=O) groups excluding carboxylic acids is 3. The van der Waals surface area contributed by atoms with E-state index in [4.69, 9.17) is 21.7 Å². The number of amides is 3. The molecular formula is C18H35N5O7. The third-order valence-electron chi connectivity index (χ3n) is 4.45. The Morgan fingerprint density at radius 3 is 1.90 bits per heavy atom. The van der Waals surface area contributed by atoms with Crippen LogP contribution in [0.1, 0.15) is 40.0 Å². The van der Waals surface area contributed by atoms with Gasteiger partial charge in [-0.05, 0) is 38.6 Å². The summed E-state index contributed by atoms with van der Waals surface area (Å²) < 4.78 is 0. The number of carboxylic acids is 1. The van der Waals surface area contributed by atoms with E-state index in [1.807, 2.05) is 0 Å². The Bertz CT molecular complexity index is 585. The van der Waals surface area contributed by atoms with Gasteiger partial charge in [-0.2, -0.15) is 0 Å². The van der Waals surface area contributed by atoms with Gasteiger partial charge in [0.15, 0.2) is 0 Å². The Morgan fingerprint density at radius 2 is 1.47 bits per heavy atom. The molecule has 0 aromatic heterocycles. The normalized spacial score (nSPS) is 16.1. The number of aliphatic hydroxyl groups excluding tert-OH is 2. The zero-order valence-corrected chi connectivity index (χ0v) is 17.6. The van der Waals surface area contributed by atoms with Crippen LogP contribution in [0.2, 0.25) is 0 Å². The van der Waals surface area contributed by atoms with Crippen molar-refractivity contribution < 1.29 is 34.5 Å². The number of unbranched alkanes of at least 4 members (excludes halogenated alkanes) is 1. The highest BCUT2D eigenvalue weighted by atomic mass is 16.4.